The molecule has 0 N–H and O–H groups in total. The van der Waals surface area contributed by atoms with Crippen molar-refractivity contribution in [3.63, 3.8) is 0 Å². The van der Waals surface area contributed by atoms with Crippen molar-refractivity contribution in [1.29, 1.82) is 0 Å². The maximum atomic E-state index is 12.1. The molecule has 0 saturated heterocycles. The van der Waals surface area contributed by atoms with Crippen LogP contribution in [0.2, 0.25) is 0 Å². The van der Waals surface area contributed by atoms with E-state index in [2.05, 4.69) is 25.1 Å². The van der Waals surface area contributed by atoms with E-state index in [9.17, 15) is 4.79 Å². The van der Waals surface area contributed by atoms with Gasteiger partial charge in [0, 0.05) is 24.7 Å². The van der Waals surface area contributed by atoms with Crippen LogP contribution >= 0.6 is 0 Å². The van der Waals surface area contributed by atoms with Gasteiger partial charge in [0.15, 0.2) is 5.60 Å². The second-order valence-electron chi connectivity index (χ2n) is 5.63. The molecule has 3 rings (SSSR count). The molecule has 2 aromatic carbocycles. The van der Waals surface area contributed by atoms with Gasteiger partial charge in [-0.25, -0.2) is 0 Å². The van der Waals surface area contributed by atoms with E-state index in [1.165, 1.54) is 0 Å². The van der Waals surface area contributed by atoms with Crippen LogP contribution < -0.4 is 0 Å². The summed E-state index contributed by atoms with van der Waals surface area (Å²) < 4.78 is 11.4. The summed E-state index contributed by atoms with van der Waals surface area (Å²) in [5, 5.41) is 0. The summed E-state index contributed by atoms with van der Waals surface area (Å²) in [6.07, 6.45) is 0.342. The Bertz CT molecular complexity index is 720. The summed E-state index contributed by atoms with van der Waals surface area (Å²) in [7, 11) is 1.64. The second-order valence-corrected chi connectivity index (χ2v) is 5.63. The molecule has 3 heteroatoms. The molecule has 0 aliphatic heterocycles. The highest BCUT2D eigenvalue weighted by Gasteiger charge is 2.47. The Kier molecular flexibility index (Phi) is 3.75. The van der Waals surface area contributed by atoms with Gasteiger partial charge in [-0.1, -0.05) is 49.4 Å². The number of hydrogen-bond donors (Lipinski definition) is 0. The SMILES string of the molecule is CCC(=O)OC1(COC)c2ccccc2-c2cccc(C)c21. The largest absolute Gasteiger partial charge is 0.447 e. The van der Waals surface area contributed by atoms with Crippen molar-refractivity contribution in [1.82, 2.24) is 0 Å². The first-order valence-electron chi connectivity index (χ1n) is 7.54. The predicted octanol–water partition coefficient (Wildman–Crippen LogP) is 3.82. The average molecular weight is 296 g/mol. The summed E-state index contributed by atoms with van der Waals surface area (Å²) in [6, 6.07) is 14.3. The van der Waals surface area contributed by atoms with E-state index in [0.29, 0.717) is 13.0 Å². The lowest BCUT2D eigenvalue weighted by Crippen LogP contribution is -2.37. The molecule has 1 aliphatic rings. The molecule has 0 saturated carbocycles. The van der Waals surface area contributed by atoms with E-state index < -0.39 is 5.60 Å². The number of carbonyl (C=O) groups is 1. The van der Waals surface area contributed by atoms with Crippen LogP contribution in [0.3, 0.4) is 0 Å². The fraction of sp³-hybridized carbons (Fsp3) is 0.316. The van der Waals surface area contributed by atoms with Crippen molar-refractivity contribution in [3.05, 3.63) is 59.2 Å². The van der Waals surface area contributed by atoms with Gasteiger partial charge >= 0.3 is 5.97 Å². The Morgan fingerprint density at radius 2 is 1.82 bits per heavy atom. The summed E-state index contributed by atoms with van der Waals surface area (Å²) in [6.45, 7) is 4.17. The third kappa shape index (κ3) is 2.04. The van der Waals surface area contributed by atoms with Crippen molar-refractivity contribution in [2.24, 2.45) is 0 Å². The first-order chi connectivity index (χ1) is 10.6. The van der Waals surface area contributed by atoms with Gasteiger partial charge in [0.25, 0.3) is 0 Å². The highest BCUT2D eigenvalue weighted by Crippen LogP contribution is 2.51. The van der Waals surface area contributed by atoms with Crippen molar-refractivity contribution < 1.29 is 14.3 Å². The molecule has 0 spiro atoms. The number of benzene rings is 2. The standard InChI is InChI=1S/C19H20O3/c1-4-17(20)22-19(12-21-3)16-11-6-5-9-14(16)15-10-7-8-13(2)18(15)19/h5-11H,4,12H2,1-3H3. The fourth-order valence-corrected chi connectivity index (χ4v) is 3.39. The summed E-state index contributed by atoms with van der Waals surface area (Å²) >= 11 is 0. The van der Waals surface area contributed by atoms with Gasteiger partial charge < -0.3 is 9.47 Å². The van der Waals surface area contributed by atoms with E-state index in [0.717, 1.165) is 27.8 Å². The lowest BCUT2D eigenvalue weighted by atomic mass is 9.89. The minimum atomic E-state index is -0.848. The van der Waals surface area contributed by atoms with Gasteiger partial charge in [-0.3, -0.25) is 4.79 Å². The maximum absolute atomic E-state index is 12.1. The molecule has 1 atom stereocenters. The minimum Gasteiger partial charge on any atom is -0.447 e. The van der Waals surface area contributed by atoms with Gasteiger partial charge in [0.1, 0.15) is 0 Å². The van der Waals surface area contributed by atoms with Crippen LogP contribution in [0.5, 0.6) is 0 Å². The van der Waals surface area contributed by atoms with Crippen molar-refractivity contribution in [2.45, 2.75) is 25.9 Å². The zero-order valence-electron chi connectivity index (χ0n) is 13.2. The first-order valence-corrected chi connectivity index (χ1v) is 7.54. The van der Waals surface area contributed by atoms with E-state index in [4.69, 9.17) is 9.47 Å². The van der Waals surface area contributed by atoms with E-state index in [1.807, 2.05) is 31.2 Å². The number of aryl methyl sites for hydroxylation is 1. The lowest BCUT2D eigenvalue weighted by Gasteiger charge is -2.32. The quantitative estimate of drug-likeness (QED) is 0.805. The third-order valence-corrected chi connectivity index (χ3v) is 4.25. The molecule has 1 aliphatic carbocycles. The van der Waals surface area contributed by atoms with Crippen LogP contribution in [0.1, 0.15) is 30.0 Å². The molecule has 0 amide bonds. The first kappa shape index (κ1) is 14.8. The second kappa shape index (κ2) is 5.58. The Labute approximate surface area is 130 Å². The minimum absolute atomic E-state index is 0.219. The van der Waals surface area contributed by atoms with Crippen LogP contribution in [-0.2, 0) is 19.9 Å². The van der Waals surface area contributed by atoms with Crippen LogP contribution in [-0.4, -0.2) is 19.7 Å². The Hall–Kier alpha value is -2.13. The fourth-order valence-electron chi connectivity index (χ4n) is 3.39. The van der Waals surface area contributed by atoms with Crippen molar-refractivity contribution in [2.75, 3.05) is 13.7 Å². The number of hydrogen-bond acceptors (Lipinski definition) is 3. The molecule has 0 aromatic heterocycles. The molecule has 0 radical (unpaired) electrons. The molecule has 0 fully saturated rings. The molecular weight excluding hydrogens is 276 g/mol. The van der Waals surface area contributed by atoms with Gasteiger partial charge in [0.2, 0.25) is 0 Å². The number of esters is 1. The molecule has 22 heavy (non-hydrogen) atoms. The predicted molar refractivity (Wildman–Crippen MR) is 85.7 cm³/mol. The Balaban J connectivity index is 2.30. The lowest BCUT2D eigenvalue weighted by molar-refractivity contribution is -0.160. The smallest absolute Gasteiger partial charge is 0.306 e. The van der Waals surface area contributed by atoms with E-state index in [-0.39, 0.29) is 5.97 Å². The topological polar surface area (TPSA) is 35.5 Å². The van der Waals surface area contributed by atoms with Gasteiger partial charge in [-0.05, 0) is 23.6 Å². The zero-order valence-corrected chi connectivity index (χ0v) is 13.2. The van der Waals surface area contributed by atoms with E-state index >= 15 is 0 Å². The summed E-state index contributed by atoms with van der Waals surface area (Å²) in [4.78, 5) is 12.1. The Morgan fingerprint density at radius 3 is 2.55 bits per heavy atom. The monoisotopic (exact) mass is 296 g/mol. The van der Waals surface area contributed by atoms with Crippen molar-refractivity contribution in [3.8, 4) is 11.1 Å². The molecule has 3 nitrogen and oxygen atoms in total. The molecule has 114 valence electrons. The number of methoxy groups -OCH3 is 1. The van der Waals surface area contributed by atoms with Crippen LogP contribution in [0.4, 0.5) is 0 Å². The number of rotatable bonds is 4. The highest BCUT2D eigenvalue weighted by molar-refractivity contribution is 5.83. The molecular formula is C19H20O3. The number of carbonyl (C=O) groups excluding carboxylic acids is 1. The third-order valence-electron chi connectivity index (χ3n) is 4.25. The molecule has 2 aromatic rings. The van der Waals surface area contributed by atoms with Gasteiger partial charge in [-0.2, -0.15) is 0 Å². The Morgan fingerprint density at radius 1 is 1.09 bits per heavy atom. The zero-order chi connectivity index (χ0) is 15.7. The highest BCUT2D eigenvalue weighted by atomic mass is 16.6. The maximum Gasteiger partial charge on any atom is 0.306 e. The van der Waals surface area contributed by atoms with E-state index in [1.54, 1.807) is 7.11 Å². The van der Waals surface area contributed by atoms with Crippen LogP contribution in [0, 0.1) is 6.92 Å². The number of ether oxygens (including phenoxy) is 2. The average Bonchev–Trinajstić information content (AvgIpc) is 2.80. The number of fused-ring (bicyclic) bond motifs is 3. The van der Waals surface area contributed by atoms with Gasteiger partial charge in [-0.15, -0.1) is 0 Å². The van der Waals surface area contributed by atoms with Gasteiger partial charge in [0.05, 0.1) is 6.61 Å². The molecule has 0 heterocycles. The summed E-state index contributed by atoms with van der Waals surface area (Å²) in [5.74, 6) is -0.219. The van der Waals surface area contributed by atoms with Crippen molar-refractivity contribution >= 4 is 5.97 Å². The van der Waals surface area contributed by atoms with Crippen LogP contribution in [0.15, 0.2) is 42.5 Å². The summed E-state index contributed by atoms with van der Waals surface area (Å²) in [5.41, 5.74) is 4.54. The molecule has 1 unspecified atom stereocenters. The molecule has 0 bridgehead atoms. The normalized spacial score (nSPS) is 18.7. The van der Waals surface area contributed by atoms with Crippen LogP contribution in [0.25, 0.3) is 11.1 Å².